The highest BCUT2D eigenvalue weighted by molar-refractivity contribution is 5.85. The van der Waals surface area contributed by atoms with Crippen molar-refractivity contribution in [2.45, 2.75) is 18.0 Å². The third kappa shape index (κ3) is 0.904. The quantitative estimate of drug-likeness (QED) is 0.703. The molecule has 0 spiro atoms. The molecule has 82 valence electrons. The van der Waals surface area contributed by atoms with Gasteiger partial charge in [-0.25, -0.2) is 13.2 Å². The van der Waals surface area contributed by atoms with Gasteiger partial charge in [0.1, 0.15) is 5.41 Å². The Morgan fingerprint density at radius 3 is 2.21 bits per heavy atom. The van der Waals surface area contributed by atoms with E-state index < -0.39 is 35.9 Å². The number of hydrogen-bond donors (Lipinski definition) is 2. The number of hydrogen-bond acceptors (Lipinski definition) is 2. The Kier molecular flexibility index (Phi) is 2.28. The number of nitrogens with one attached hydrogen (secondary N) is 1. The lowest BCUT2D eigenvalue weighted by Gasteiger charge is -2.51. The number of halogens is 4. The Morgan fingerprint density at radius 2 is 1.86 bits per heavy atom. The molecule has 2 fully saturated rings. The van der Waals surface area contributed by atoms with Crippen molar-refractivity contribution in [2.24, 2.45) is 5.41 Å². The molecule has 1 saturated carbocycles. The van der Waals surface area contributed by atoms with Gasteiger partial charge in [0.25, 0.3) is 5.92 Å². The zero-order valence-electron chi connectivity index (χ0n) is 7.02. The maximum Gasteiger partial charge on any atom is 0.314 e. The first-order valence-electron chi connectivity index (χ1n) is 3.87. The number of carbonyl (C=O) groups is 1. The van der Waals surface area contributed by atoms with Crippen LogP contribution in [0.4, 0.5) is 13.2 Å². The maximum atomic E-state index is 13.6. The van der Waals surface area contributed by atoms with Crippen molar-refractivity contribution in [3.05, 3.63) is 0 Å². The summed E-state index contributed by atoms with van der Waals surface area (Å²) in [6, 6.07) is 0. The zero-order valence-corrected chi connectivity index (χ0v) is 7.84. The first-order valence-corrected chi connectivity index (χ1v) is 3.87. The van der Waals surface area contributed by atoms with Gasteiger partial charge in [0.2, 0.25) is 5.67 Å². The smallest absolute Gasteiger partial charge is 0.314 e. The van der Waals surface area contributed by atoms with E-state index in [1.54, 1.807) is 0 Å². The van der Waals surface area contributed by atoms with Gasteiger partial charge in [-0.1, -0.05) is 0 Å². The van der Waals surface area contributed by atoms with Crippen molar-refractivity contribution >= 4 is 18.4 Å². The molecule has 0 amide bonds. The van der Waals surface area contributed by atoms with E-state index in [0.29, 0.717) is 0 Å². The van der Waals surface area contributed by atoms with Crippen LogP contribution in [-0.4, -0.2) is 35.8 Å². The molecule has 3 nitrogen and oxygen atoms in total. The largest absolute Gasteiger partial charge is 0.481 e. The molecule has 2 aliphatic rings. The Labute approximate surface area is 84.1 Å². The van der Waals surface area contributed by atoms with Crippen LogP contribution in [0.25, 0.3) is 0 Å². The molecule has 0 radical (unpaired) electrons. The summed E-state index contributed by atoms with van der Waals surface area (Å²) in [5.41, 5.74) is -4.80. The predicted octanol–water partition coefficient (Wildman–Crippen LogP) is 0.830. The molecule has 2 rings (SSSR count). The second-order valence-electron chi connectivity index (χ2n) is 3.67. The standard InChI is InChI=1S/C7H8F3NO2.ClH/c8-6-3-11-2-5(6,4(12)13)1-7(6,9)10;/h11H,1-3H2,(H,12,13);1H/t5-,6-;/m0./s1. The summed E-state index contributed by atoms with van der Waals surface area (Å²) in [7, 11) is 0. The maximum absolute atomic E-state index is 13.6. The van der Waals surface area contributed by atoms with E-state index in [2.05, 4.69) is 5.32 Å². The number of carboxylic acid groups (broad SMARTS) is 1. The van der Waals surface area contributed by atoms with Gasteiger partial charge in [-0.3, -0.25) is 4.79 Å². The van der Waals surface area contributed by atoms with E-state index in [-0.39, 0.29) is 19.0 Å². The van der Waals surface area contributed by atoms with Gasteiger partial charge in [0.15, 0.2) is 0 Å². The van der Waals surface area contributed by atoms with Gasteiger partial charge in [-0.2, -0.15) is 0 Å². The molecule has 7 heteroatoms. The van der Waals surface area contributed by atoms with Crippen LogP contribution in [0.3, 0.4) is 0 Å². The van der Waals surface area contributed by atoms with Crippen LogP contribution in [0.2, 0.25) is 0 Å². The van der Waals surface area contributed by atoms with Crippen molar-refractivity contribution < 1.29 is 23.1 Å². The normalized spacial score (nSPS) is 43.4. The summed E-state index contributed by atoms with van der Waals surface area (Å²) in [5.74, 6) is -4.99. The average Bonchev–Trinajstić information content (AvgIpc) is 2.27. The molecule has 0 unspecified atom stereocenters. The molecule has 2 atom stereocenters. The first kappa shape index (κ1) is 11.6. The Morgan fingerprint density at radius 1 is 1.29 bits per heavy atom. The Balaban J connectivity index is 0.000000980. The van der Waals surface area contributed by atoms with Crippen LogP contribution in [0.5, 0.6) is 0 Å². The minimum Gasteiger partial charge on any atom is -0.481 e. The van der Waals surface area contributed by atoms with Crippen LogP contribution in [0.1, 0.15) is 6.42 Å². The zero-order chi connectivity index (χ0) is 9.91. The molecule has 1 saturated heterocycles. The number of alkyl halides is 3. The van der Waals surface area contributed by atoms with Crippen molar-refractivity contribution in [2.75, 3.05) is 13.1 Å². The number of carboxylic acids is 1. The summed E-state index contributed by atoms with van der Waals surface area (Å²) in [5, 5.41) is 11.0. The third-order valence-corrected chi connectivity index (χ3v) is 3.07. The minimum absolute atomic E-state index is 0. The molecule has 2 N–H and O–H groups in total. The molecule has 0 bridgehead atoms. The van der Waals surface area contributed by atoms with Gasteiger partial charge in [0.05, 0.1) is 0 Å². The van der Waals surface area contributed by atoms with Crippen molar-refractivity contribution in [1.82, 2.24) is 5.32 Å². The van der Waals surface area contributed by atoms with Gasteiger partial charge in [-0.05, 0) is 0 Å². The Bertz CT molecular complexity index is 288. The molecule has 1 aliphatic carbocycles. The number of rotatable bonds is 1. The van der Waals surface area contributed by atoms with E-state index in [1.165, 1.54) is 0 Å². The lowest BCUT2D eigenvalue weighted by Crippen LogP contribution is -2.71. The monoisotopic (exact) mass is 231 g/mol. The topological polar surface area (TPSA) is 49.3 Å². The molecule has 14 heavy (non-hydrogen) atoms. The molecular weight excluding hydrogens is 223 g/mol. The van der Waals surface area contributed by atoms with E-state index in [1.807, 2.05) is 0 Å². The summed E-state index contributed by atoms with van der Waals surface area (Å²) < 4.78 is 39.2. The van der Waals surface area contributed by atoms with Gasteiger partial charge >= 0.3 is 5.97 Å². The summed E-state index contributed by atoms with van der Waals surface area (Å²) in [4.78, 5) is 10.7. The van der Waals surface area contributed by atoms with Crippen LogP contribution in [-0.2, 0) is 4.79 Å². The molecule has 0 aromatic carbocycles. The SMILES string of the molecule is Cl.O=C(O)[C@]12CNC[C@@]1(F)C(F)(F)C2. The molecule has 0 aromatic heterocycles. The van der Waals surface area contributed by atoms with Gasteiger partial charge < -0.3 is 10.4 Å². The highest BCUT2D eigenvalue weighted by Gasteiger charge is 2.83. The summed E-state index contributed by atoms with van der Waals surface area (Å²) in [6.45, 7) is -0.791. The number of aliphatic carboxylic acids is 1. The van der Waals surface area contributed by atoms with E-state index in [4.69, 9.17) is 5.11 Å². The first-order chi connectivity index (χ1) is 5.86. The lowest BCUT2D eigenvalue weighted by atomic mass is 9.57. The average molecular weight is 232 g/mol. The van der Waals surface area contributed by atoms with Crippen molar-refractivity contribution in [1.29, 1.82) is 0 Å². The van der Waals surface area contributed by atoms with Gasteiger partial charge in [0, 0.05) is 19.5 Å². The van der Waals surface area contributed by atoms with Crippen LogP contribution >= 0.6 is 12.4 Å². The minimum atomic E-state index is -3.51. The van der Waals surface area contributed by atoms with Crippen molar-refractivity contribution in [3.8, 4) is 0 Å². The highest BCUT2D eigenvalue weighted by atomic mass is 35.5. The van der Waals surface area contributed by atoms with E-state index in [0.717, 1.165) is 0 Å². The second-order valence-corrected chi connectivity index (χ2v) is 3.67. The fourth-order valence-corrected chi connectivity index (χ4v) is 2.17. The lowest BCUT2D eigenvalue weighted by molar-refractivity contribution is -0.273. The molecule has 0 aromatic rings. The van der Waals surface area contributed by atoms with E-state index in [9.17, 15) is 18.0 Å². The fraction of sp³-hybridized carbons (Fsp3) is 0.857. The molecular formula is C7H9ClF3NO2. The molecule has 1 aliphatic heterocycles. The predicted molar refractivity (Wildman–Crippen MR) is 43.6 cm³/mol. The van der Waals surface area contributed by atoms with Crippen LogP contribution in [0, 0.1) is 5.41 Å². The van der Waals surface area contributed by atoms with Crippen LogP contribution in [0.15, 0.2) is 0 Å². The van der Waals surface area contributed by atoms with Crippen LogP contribution < -0.4 is 5.32 Å². The fourth-order valence-electron chi connectivity index (χ4n) is 2.17. The summed E-state index contributed by atoms with van der Waals surface area (Å²) >= 11 is 0. The Hall–Kier alpha value is -0.490. The number of fused-ring (bicyclic) bond motifs is 1. The summed E-state index contributed by atoms with van der Waals surface area (Å²) in [6.07, 6.45) is -0.904. The van der Waals surface area contributed by atoms with E-state index >= 15 is 0 Å². The third-order valence-electron chi connectivity index (χ3n) is 3.07. The second kappa shape index (κ2) is 2.76. The molecule has 1 heterocycles. The highest BCUT2D eigenvalue weighted by Crippen LogP contribution is 2.63. The van der Waals surface area contributed by atoms with Crippen molar-refractivity contribution in [3.63, 3.8) is 0 Å². The van der Waals surface area contributed by atoms with Gasteiger partial charge in [-0.15, -0.1) is 12.4 Å².